The standard InChI is InChI=1S/C21H24N2O7/c1-26-15-10-13(21(22)25)14(11-16(15)27-2)23-19(24)7-6-12-8-17(28-3)20(30-5)18(9-12)29-4/h6-11H,1-5H3,(H2,22,25)(H,23,24). The maximum absolute atomic E-state index is 12.4. The number of methoxy groups -OCH3 is 5. The third-order valence-electron chi connectivity index (χ3n) is 4.16. The van der Waals surface area contributed by atoms with E-state index in [9.17, 15) is 9.59 Å². The van der Waals surface area contributed by atoms with Crippen LogP contribution in [-0.4, -0.2) is 47.4 Å². The predicted molar refractivity (Wildman–Crippen MR) is 112 cm³/mol. The summed E-state index contributed by atoms with van der Waals surface area (Å²) in [6.07, 6.45) is 2.85. The van der Waals surface area contributed by atoms with Crippen LogP contribution in [0.3, 0.4) is 0 Å². The Morgan fingerprint density at radius 2 is 1.33 bits per heavy atom. The first kappa shape index (κ1) is 22.4. The highest BCUT2D eigenvalue weighted by Gasteiger charge is 2.16. The number of hydrogen-bond donors (Lipinski definition) is 2. The summed E-state index contributed by atoms with van der Waals surface area (Å²) < 4.78 is 26.2. The van der Waals surface area contributed by atoms with Crippen molar-refractivity contribution >= 4 is 23.6 Å². The van der Waals surface area contributed by atoms with Gasteiger partial charge in [-0.05, 0) is 29.8 Å². The number of carbonyl (C=O) groups excluding carboxylic acids is 2. The first-order valence-corrected chi connectivity index (χ1v) is 8.73. The van der Waals surface area contributed by atoms with E-state index in [1.165, 1.54) is 53.8 Å². The first-order chi connectivity index (χ1) is 14.4. The van der Waals surface area contributed by atoms with Crippen molar-refractivity contribution in [1.82, 2.24) is 0 Å². The van der Waals surface area contributed by atoms with E-state index < -0.39 is 11.8 Å². The van der Waals surface area contributed by atoms with Crippen LogP contribution in [0, 0.1) is 0 Å². The Kier molecular flexibility index (Phi) is 7.51. The van der Waals surface area contributed by atoms with E-state index in [0.717, 1.165) is 0 Å². The summed E-state index contributed by atoms with van der Waals surface area (Å²) in [5.74, 6) is 0.792. The van der Waals surface area contributed by atoms with Gasteiger partial charge in [0.1, 0.15) is 0 Å². The van der Waals surface area contributed by atoms with Gasteiger partial charge in [0.2, 0.25) is 11.7 Å². The van der Waals surface area contributed by atoms with Crippen LogP contribution in [0.5, 0.6) is 28.7 Å². The van der Waals surface area contributed by atoms with Crippen molar-refractivity contribution in [3.63, 3.8) is 0 Å². The van der Waals surface area contributed by atoms with Gasteiger partial charge in [0.25, 0.3) is 5.91 Å². The average Bonchev–Trinajstić information content (AvgIpc) is 2.76. The molecule has 9 nitrogen and oxygen atoms in total. The molecule has 0 aliphatic heterocycles. The fourth-order valence-corrected chi connectivity index (χ4v) is 2.73. The Morgan fingerprint density at radius 1 is 0.800 bits per heavy atom. The van der Waals surface area contributed by atoms with Gasteiger partial charge in [0.05, 0.1) is 46.8 Å². The summed E-state index contributed by atoms with van der Waals surface area (Å²) in [5, 5.41) is 2.62. The molecule has 0 saturated carbocycles. The van der Waals surface area contributed by atoms with Crippen molar-refractivity contribution < 1.29 is 33.3 Å². The Hall–Kier alpha value is -3.88. The Balaban J connectivity index is 2.31. The molecular formula is C21H24N2O7. The SMILES string of the molecule is COc1cc(NC(=O)C=Cc2cc(OC)c(OC)c(OC)c2)c(C(N)=O)cc1OC. The number of benzene rings is 2. The number of primary amides is 1. The lowest BCUT2D eigenvalue weighted by Gasteiger charge is -2.14. The highest BCUT2D eigenvalue weighted by atomic mass is 16.5. The van der Waals surface area contributed by atoms with Gasteiger partial charge in [-0.3, -0.25) is 9.59 Å². The second-order valence-corrected chi connectivity index (χ2v) is 5.90. The average molecular weight is 416 g/mol. The zero-order valence-corrected chi connectivity index (χ0v) is 17.4. The van der Waals surface area contributed by atoms with Crippen molar-refractivity contribution in [3.05, 3.63) is 41.5 Å². The molecule has 0 spiro atoms. The molecule has 0 radical (unpaired) electrons. The van der Waals surface area contributed by atoms with Crippen LogP contribution < -0.4 is 34.7 Å². The molecule has 0 aromatic heterocycles. The van der Waals surface area contributed by atoms with Gasteiger partial charge in [-0.2, -0.15) is 0 Å². The van der Waals surface area contributed by atoms with E-state index >= 15 is 0 Å². The molecule has 0 aliphatic carbocycles. The van der Waals surface area contributed by atoms with Crippen molar-refractivity contribution in [2.75, 3.05) is 40.9 Å². The number of ether oxygens (including phenoxy) is 5. The van der Waals surface area contributed by atoms with Gasteiger partial charge in [0, 0.05) is 12.1 Å². The number of rotatable bonds is 9. The van der Waals surface area contributed by atoms with E-state index in [0.29, 0.717) is 34.3 Å². The minimum absolute atomic E-state index is 0.0854. The molecule has 160 valence electrons. The summed E-state index contributed by atoms with van der Waals surface area (Å²) in [6.45, 7) is 0. The van der Waals surface area contributed by atoms with Crippen molar-refractivity contribution in [1.29, 1.82) is 0 Å². The van der Waals surface area contributed by atoms with Crippen LogP contribution in [0.25, 0.3) is 6.08 Å². The lowest BCUT2D eigenvalue weighted by Crippen LogP contribution is -2.17. The number of nitrogens with one attached hydrogen (secondary N) is 1. The molecule has 0 heterocycles. The molecule has 3 N–H and O–H groups in total. The molecule has 2 amide bonds. The Labute approximate surface area is 174 Å². The van der Waals surface area contributed by atoms with E-state index in [1.807, 2.05) is 0 Å². The van der Waals surface area contributed by atoms with Gasteiger partial charge in [-0.15, -0.1) is 0 Å². The zero-order valence-electron chi connectivity index (χ0n) is 17.4. The Morgan fingerprint density at radius 3 is 1.80 bits per heavy atom. The molecule has 2 aromatic carbocycles. The van der Waals surface area contributed by atoms with Gasteiger partial charge in [0.15, 0.2) is 23.0 Å². The maximum Gasteiger partial charge on any atom is 0.250 e. The summed E-state index contributed by atoms with van der Waals surface area (Å²) >= 11 is 0. The Bertz CT molecular complexity index is 945. The quantitative estimate of drug-likeness (QED) is 0.603. The van der Waals surface area contributed by atoms with E-state index in [1.54, 1.807) is 18.2 Å². The van der Waals surface area contributed by atoms with Gasteiger partial charge in [-0.1, -0.05) is 0 Å². The fraction of sp³-hybridized carbons (Fsp3) is 0.238. The van der Waals surface area contributed by atoms with E-state index in [-0.39, 0.29) is 11.3 Å². The van der Waals surface area contributed by atoms with Gasteiger partial charge in [-0.25, -0.2) is 0 Å². The summed E-state index contributed by atoms with van der Waals surface area (Å²) in [6, 6.07) is 6.25. The van der Waals surface area contributed by atoms with Crippen LogP contribution in [0.1, 0.15) is 15.9 Å². The number of hydrogen-bond acceptors (Lipinski definition) is 7. The van der Waals surface area contributed by atoms with E-state index in [4.69, 9.17) is 29.4 Å². The lowest BCUT2D eigenvalue weighted by atomic mass is 10.1. The second-order valence-electron chi connectivity index (χ2n) is 5.90. The summed E-state index contributed by atoms with van der Waals surface area (Å²) in [5.41, 5.74) is 6.34. The smallest absolute Gasteiger partial charge is 0.250 e. The highest BCUT2D eigenvalue weighted by Crippen LogP contribution is 2.38. The monoisotopic (exact) mass is 416 g/mol. The topological polar surface area (TPSA) is 118 Å². The number of anilines is 1. The summed E-state index contributed by atoms with van der Waals surface area (Å²) in [7, 11) is 7.38. The second kappa shape index (κ2) is 10.1. The van der Waals surface area contributed by atoms with Gasteiger partial charge >= 0.3 is 0 Å². The minimum Gasteiger partial charge on any atom is -0.493 e. The number of nitrogens with two attached hydrogens (primary N) is 1. The predicted octanol–water partition coefficient (Wildman–Crippen LogP) is 2.48. The molecule has 0 bridgehead atoms. The van der Waals surface area contributed by atoms with Crippen molar-refractivity contribution in [3.8, 4) is 28.7 Å². The third kappa shape index (κ3) is 4.93. The van der Waals surface area contributed by atoms with Crippen LogP contribution in [0.2, 0.25) is 0 Å². The first-order valence-electron chi connectivity index (χ1n) is 8.73. The maximum atomic E-state index is 12.4. The number of amides is 2. The van der Waals surface area contributed by atoms with Crippen LogP contribution in [0.4, 0.5) is 5.69 Å². The fourth-order valence-electron chi connectivity index (χ4n) is 2.73. The molecule has 2 aromatic rings. The normalized spacial score (nSPS) is 10.4. The van der Waals surface area contributed by atoms with E-state index in [2.05, 4.69) is 5.32 Å². The zero-order chi connectivity index (χ0) is 22.3. The molecule has 0 unspecified atom stereocenters. The highest BCUT2D eigenvalue weighted by molar-refractivity contribution is 6.07. The molecule has 0 atom stereocenters. The van der Waals surface area contributed by atoms with Gasteiger partial charge < -0.3 is 34.7 Å². The third-order valence-corrected chi connectivity index (χ3v) is 4.16. The molecule has 30 heavy (non-hydrogen) atoms. The molecule has 0 fully saturated rings. The molecule has 0 saturated heterocycles. The molecule has 2 rings (SSSR count). The van der Waals surface area contributed by atoms with Crippen LogP contribution in [0.15, 0.2) is 30.3 Å². The number of carbonyl (C=O) groups is 2. The summed E-state index contributed by atoms with van der Waals surface area (Å²) in [4.78, 5) is 24.2. The van der Waals surface area contributed by atoms with Crippen molar-refractivity contribution in [2.45, 2.75) is 0 Å². The van der Waals surface area contributed by atoms with Crippen LogP contribution in [-0.2, 0) is 4.79 Å². The molecule has 9 heteroatoms. The van der Waals surface area contributed by atoms with Crippen molar-refractivity contribution in [2.24, 2.45) is 5.73 Å². The van der Waals surface area contributed by atoms with Crippen LogP contribution >= 0.6 is 0 Å². The lowest BCUT2D eigenvalue weighted by molar-refractivity contribution is -0.111. The minimum atomic E-state index is -0.722. The molecular weight excluding hydrogens is 392 g/mol. The largest absolute Gasteiger partial charge is 0.493 e. The molecule has 0 aliphatic rings.